The Kier molecular flexibility index (Phi) is 9.79. The molecule has 306 valence electrons. The third-order valence-corrected chi connectivity index (χ3v) is 18.7. The number of carbonyl (C=O) groups excluding carboxylic acids is 1. The molecule has 8 rings (SSSR count). The molecule has 0 radical (unpaired) electrons. The fourth-order valence-electron chi connectivity index (χ4n) is 16.0. The number of pyridine rings is 1. The van der Waals surface area contributed by atoms with Gasteiger partial charge in [0.25, 0.3) is 0 Å². The van der Waals surface area contributed by atoms with Crippen LogP contribution in [0.1, 0.15) is 158 Å². The largest absolute Gasteiger partial charge is 0.481 e. The van der Waals surface area contributed by atoms with Gasteiger partial charge in [-0.1, -0.05) is 73.5 Å². The molecule has 6 aliphatic carbocycles. The van der Waals surface area contributed by atoms with Crippen LogP contribution in [0.5, 0.6) is 0 Å². The van der Waals surface area contributed by atoms with Crippen LogP contribution in [0.2, 0.25) is 0 Å². The van der Waals surface area contributed by atoms with E-state index in [-0.39, 0.29) is 62.8 Å². The highest BCUT2D eigenvalue weighted by molar-refractivity contribution is 5.77. The third kappa shape index (κ3) is 5.74. The molecule has 6 fully saturated rings. The maximum absolute atomic E-state index is 14.1. The number of fused-ring (bicyclic) bond motifs is 7. The van der Waals surface area contributed by atoms with Crippen LogP contribution in [-0.2, 0) is 19.7 Å². The number of aliphatic carboxylic acids is 1. The summed E-state index contributed by atoms with van der Waals surface area (Å²) in [7, 11) is 0. The highest BCUT2D eigenvalue weighted by Gasteiger charge is 2.72. The van der Waals surface area contributed by atoms with Crippen molar-refractivity contribution >= 4 is 11.9 Å². The number of hydrogen-bond donors (Lipinski definition) is 1. The van der Waals surface area contributed by atoms with Gasteiger partial charge in [-0.25, -0.2) is 0 Å². The number of carboxylic acid groups (broad SMARTS) is 1. The average molecular weight is 768 g/mol. The van der Waals surface area contributed by atoms with E-state index in [0.717, 1.165) is 82.1 Å². The highest BCUT2D eigenvalue weighted by Crippen LogP contribution is 2.78. The van der Waals surface area contributed by atoms with Crippen molar-refractivity contribution in [2.45, 2.75) is 163 Å². The van der Waals surface area contributed by atoms with Gasteiger partial charge >= 0.3 is 11.9 Å². The number of rotatable bonds is 10. The lowest BCUT2D eigenvalue weighted by Crippen LogP contribution is -2.67. The van der Waals surface area contributed by atoms with Gasteiger partial charge in [-0.2, -0.15) is 0 Å². The minimum absolute atomic E-state index is 0.0398. The normalized spacial score (nSPS) is 43.6. The van der Waals surface area contributed by atoms with Crippen molar-refractivity contribution in [3.63, 3.8) is 0 Å². The zero-order valence-electron chi connectivity index (χ0n) is 35.7. The van der Waals surface area contributed by atoms with Crippen molar-refractivity contribution in [1.29, 1.82) is 0 Å². The second-order valence-corrected chi connectivity index (χ2v) is 21.6. The topological polar surface area (TPSA) is 115 Å². The number of allylic oxidation sites excluding steroid dienone is 1. The summed E-state index contributed by atoms with van der Waals surface area (Å²) in [5.74, 6) is 2.41. The first kappa shape index (κ1) is 39.8. The van der Waals surface area contributed by atoms with Crippen LogP contribution in [0.3, 0.4) is 0 Å². The molecule has 0 aliphatic heterocycles. The Balaban J connectivity index is 1.09. The van der Waals surface area contributed by atoms with Crippen molar-refractivity contribution in [1.82, 2.24) is 15.2 Å². The summed E-state index contributed by atoms with van der Waals surface area (Å²) < 4.78 is 13.4. The van der Waals surface area contributed by atoms with E-state index in [1.165, 1.54) is 24.8 Å². The highest BCUT2D eigenvalue weighted by atomic mass is 16.5. The quantitative estimate of drug-likeness (QED) is 0.188. The van der Waals surface area contributed by atoms with Crippen LogP contribution in [0, 0.1) is 68.5 Å². The van der Waals surface area contributed by atoms with Gasteiger partial charge in [-0.05, 0) is 153 Å². The Hall–Kier alpha value is -3.03. The van der Waals surface area contributed by atoms with Gasteiger partial charge in [-0.15, -0.1) is 10.2 Å². The molecule has 13 unspecified atom stereocenters. The van der Waals surface area contributed by atoms with E-state index in [4.69, 9.17) is 14.3 Å². The van der Waals surface area contributed by atoms with Gasteiger partial charge in [0, 0.05) is 24.2 Å². The van der Waals surface area contributed by atoms with Crippen molar-refractivity contribution in [2.24, 2.45) is 68.5 Å². The molecule has 1 N–H and O–H groups in total. The molecule has 56 heavy (non-hydrogen) atoms. The number of nitrogens with zero attached hydrogens (tertiary/aromatic N) is 3. The number of ether oxygens (including phenoxy) is 1. The lowest BCUT2D eigenvalue weighted by atomic mass is 9.32. The van der Waals surface area contributed by atoms with Gasteiger partial charge in [0.1, 0.15) is 6.10 Å². The van der Waals surface area contributed by atoms with Gasteiger partial charge in [0.15, 0.2) is 0 Å². The van der Waals surface area contributed by atoms with E-state index in [9.17, 15) is 14.7 Å². The maximum Gasteiger partial charge on any atom is 0.310 e. The molecule has 13 atom stereocenters. The summed E-state index contributed by atoms with van der Waals surface area (Å²) in [5.41, 5.74) is 2.19. The van der Waals surface area contributed by atoms with E-state index in [0.29, 0.717) is 35.5 Å². The molecule has 0 saturated heterocycles. The minimum Gasteiger partial charge on any atom is -0.481 e. The number of carbonyl (C=O) groups is 2. The summed E-state index contributed by atoms with van der Waals surface area (Å²) in [6.07, 6.45) is 18.8. The van der Waals surface area contributed by atoms with Crippen molar-refractivity contribution < 1.29 is 23.8 Å². The molecule has 6 aliphatic rings. The van der Waals surface area contributed by atoms with Crippen molar-refractivity contribution in [3.05, 3.63) is 42.6 Å². The average Bonchev–Trinajstić information content (AvgIpc) is 3.79. The maximum atomic E-state index is 14.1. The van der Waals surface area contributed by atoms with Crippen LogP contribution in [0.15, 0.2) is 41.1 Å². The minimum atomic E-state index is -0.825. The zero-order valence-corrected chi connectivity index (χ0v) is 35.7. The van der Waals surface area contributed by atoms with Gasteiger partial charge < -0.3 is 14.3 Å². The van der Waals surface area contributed by atoms with Crippen LogP contribution >= 0.6 is 0 Å². The summed E-state index contributed by atoms with van der Waals surface area (Å²) in [5, 5.41) is 19.1. The first-order valence-electron chi connectivity index (χ1n) is 22.3. The molecule has 8 nitrogen and oxygen atoms in total. The lowest BCUT2D eigenvalue weighted by molar-refractivity contribution is -0.252. The van der Waals surface area contributed by atoms with E-state index < -0.39 is 5.97 Å². The van der Waals surface area contributed by atoms with E-state index >= 15 is 0 Å². The van der Waals surface area contributed by atoms with E-state index in [1.54, 1.807) is 6.20 Å². The molecule has 8 heteroatoms. The molecule has 6 saturated carbocycles. The smallest absolute Gasteiger partial charge is 0.310 e. The van der Waals surface area contributed by atoms with Crippen LogP contribution in [-0.4, -0.2) is 38.3 Å². The Morgan fingerprint density at radius 1 is 0.946 bits per heavy atom. The predicted octanol–water partition coefficient (Wildman–Crippen LogP) is 11.3. The molecule has 0 aromatic carbocycles. The molecule has 0 amide bonds. The molecular weight excluding hydrogens is 699 g/mol. The summed E-state index contributed by atoms with van der Waals surface area (Å²) >= 11 is 0. The molecule has 2 aromatic heterocycles. The number of aromatic nitrogens is 3. The SMILES string of the molecule is C=C(C)C1CCC2(c3nnc(-c4cccnc4)o3)CCC3(C)C(CCC4C5(C)CCC(OC(=O)C6C(CC(=O)O)CC6(C)C)C(C)(CCCC)C5CCC43C)C12. The summed E-state index contributed by atoms with van der Waals surface area (Å²) in [4.78, 5) is 30.1. The molecule has 0 bridgehead atoms. The molecular formula is C48H69N3O5. The van der Waals surface area contributed by atoms with E-state index in [2.05, 4.69) is 72.1 Å². The fourth-order valence-corrected chi connectivity index (χ4v) is 16.0. The van der Waals surface area contributed by atoms with Gasteiger partial charge in [-0.3, -0.25) is 14.6 Å². The van der Waals surface area contributed by atoms with Crippen LogP contribution in [0.25, 0.3) is 11.5 Å². The second kappa shape index (κ2) is 13.8. The number of carboxylic acids is 1. The zero-order chi connectivity index (χ0) is 40.1. The molecule has 2 aromatic rings. The standard InChI is InChI=1S/C48H69N3O5/c1-10-11-19-45(7)34-17-21-47(9)35(44(34,6)20-18-36(45)55-41(54)38-31(26-37(52)53)27-43(38,4)5)15-14-33-39-32(29(2)3)16-22-48(39,24-23-46(33,47)8)42-51-50-40(56-42)30-13-12-25-49-28-30/h12-13,25,28,31-36,38-39H,2,10-11,14-24,26-27H2,1,3-9H3,(H,52,53). The lowest BCUT2D eigenvalue weighted by Gasteiger charge is -2.73. The van der Waals surface area contributed by atoms with Crippen LogP contribution < -0.4 is 0 Å². The van der Waals surface area contributed by atoms with Crippen molar-refractivity contribution in [2.75, 3.05) is 0 Å². The van der Waals surface area contributed by atoms with Crippen LogP contribution in [0.4, 0.5) is 0 Å². The number of esters is 1. The van der Waals surface area contributed by atoms with E-state index in [1.807, 2.05) is 18.3 Å². The predicted molar refractivity (Wildman–Crippen MR) is 217 cm³/mol. The Morgan fingerprint density at radius 2 is 1.73 bits per heavy atom. The number of unbranched alkanes of at least 4 members (excludes halogenated alkanes) is 1. The first-order valence-corrected chi connectivity index (χ1v) is 22.3. The Bertz CT molecular complexity index is 1840. The van der Waals surface area contributed by atoms with Gasteiger partial charge in [0.05, 0.1) is 16.9 Å². The molecule has 2 heterocycles. The second-order valence-electron chi connectivity index (χ2n) is 21.6. The Labute approximate surface area is 335 Å². The van der Waals surface area contributed by atoms with Crippen molar-refractivity contribution in [3.8, 4) is 11.5 Å². The molecule has 0 spiro atoms. The summed E-state index contributed by atoms with van der Waals surface area (Å²) in [6, 6.07) is 3.92. The first-order chi connectivity index (χ1) is 26.4. The third-order valence-electron chi connectivity index (χ3n) is 18.7. The monoisotopic (exact) mass is 768 g/mol. The summed E-state index contributed by atoms with van der Waals surface area (Å²) in [6.45, 7) is 23.8. The Morgan fingerprint density at radius 3 is 2.41 bits per heavy atom. The number of hydrogen-bond acceptors (Lipinski definition) is 7. The van der Waals surface area contributed by atoms with Gasteiger partial charge in [0.2, 0.25) is 11.8 Å². The fraction of sp³-hybridized carbons (Fsp3) is 0.771.